The molecule has 0 rings (SSSR count). The molecule has 2 N–H and O–H groups in total. The maximum Gasteiger partial charge on any atom is 0.309 e. The van der Waals surface area contributed by atoms with E-state index in [1.165, 1.54) is 5.48 Å². The molecule has 0 heterocycles. The largest absolute Gasteiger partial charge is 0.421 e. The zero-order valence-electron chi connectivity index (χ0n) is 5.38. The molecule has 10 heavy (non-hydrogen) atoms. The summed E-state index contributed by atoms with van der Waals surface area (Å²) in [6.45, 7) is 4.17. The number of nitrogens with one attached hydrogen (secondary N) is 1. The first-order chi connectivity index (χ1) is 4.57. The minimum atomic E-state index is -0.935. The van der Waals surface area contributed by atoms with Crippen molar-refractivity contribution in [2.75, 3.05) is 0 Å². The van der Waals surface area contributed by atoms with Gasteiger partial charge in [-0.1, -0.05) is 0 Å². The number of esters is 1. The molecular formula is C5H7NO4. The Morgan fingerprint density at radius 2 is 2.10 bits per heavy atom. The van der Waals surface area contributed by atoms with Crippen LogP contribution in [0.3, 0.4) is 0 Å². The number of ether oxygens (including phenoxy) is 1. The Hall–Kier alpha value is -1.36. The summed E-state index contributed by atoms with van der Waals surface area (Å²) in [5, 5.41) is 7.97. The van der Waals surface area contributed by atoms with Crippen molar-refractivity contribution < 1.29 is 19.5 Å². The molecule has 0 unspecified atom stereocenters. The van der Waals surface area contributed by atoms with Gasteiger partial charge >= 0.3 is 11.9 Å². The van der Waals surface area contributed by atoms with E-state index in [-0.39, 0.29) is 0 Å². The van der Waals surface area contributed by atoms with Crippen LogP contribution in [0.1, 0.15) is 6.92 Å². The Kier molecular flexibility index (Phi) is 3.13. The van der Waals surface area contributed by atoms with Crippen LogP contribution in [0.5, 0.6) is 0 Å². The average Bonchev–Trinajstić information content (AvgIpc) is 1.85. The summed E-state index contributed by atoms with van der Waals surface area (Å²) in [4.78, 5) is 20.4. The minimum Gasteiger partial charge on any atom is -0.421 e. The number of rotatable bonds is 2. The van der Waals surface area contributed by atoms with E-state index in [2.05, 4.69) is 11.3 Å². The second-order valence-electron chi connectivity index (χ2n) is 1.46. The van der Waals surface area contributed by atoms with Gasteiger partial charge in [-0.15, -0.1) is 0 Å². The van der Waals surface area contributed by atoms with Crippen LogP contribution >= 0.6 is 0 Å². The number of carbonyl (C=O) groups excluding carboxylic acids is 2. The lowest BCUT2D eigenvalue weighted by Gasteiger charge is -2.00. The lowest BCUT2D eigenvalue weighted by atomic mass is 10.5. The standard InChI is InChI=1S/C5H7NO4/c1-3(5(8)6-9)10-4(2)7/h9H,1H2,2H3,(H,6,8). The fraction of sp³-hybridized carbons (Fsp3) is 0.200. The van der Waals surface area contributed by atoms with Crippen LogP contribution in [-0.2, 0) is 14.3 Å². The van der Waals surface area contributed by atoms with E-state index < -0.39 is 17.6 Å². The number of hydrogen-bond donors (Lipinski definition) is 2. The van der Waals surface area contributed by atoms with Crippen molar-refractivity contribution in [1.29, 1.82) is 0 Å². The summed E-state index contributed by atoms with van der Waals surface area (Å²) in [5.74, 6) is -2.03. The van der Waals surface area contributed by atoms with Crippen LogP contribution in [0, 0.1) is 0 Å². The maximum atomic E-state index is 10.3. The van der Waals surface area contributed by atoms with E-state index in [4.69, 9.17) is 5.21 Å². The fourth-order valence-corrected chi connectivity index (χ4v) is 0.282. The molecule has 0 fully saturated rings. The number of hydrogen-bond acceptors (Lipinski definition) is 4. The highest BCUT2D eigenvalue weighted by Crippen LogP contribution is 1.91. The highest BCUT2D eigenvalue weighted by Gasteiger charge is 2.07. The lowest BCUT2D eigenvalue weighted by molar-refractivity contribution is -0.142. The molecule has 5 nitrogen and oxygen atoms in total. The highest BCUT2D eigenvalue weighted by atomic mass is 16.5. The van der Waals surface area contributed by atoms with E-state index in [1.54, 1.807) is 0 Å². The second kappa shape index (κ2) is 3.62. The first-order valence-corrected chi connectivity index (χ1v) is 2.39. The molecule has 0 aliphatic carbocycles. The van der Waals surface area contributed by atoms with Crippen LogP contribution < -0.4 is 5.48 Å². The van der Waals surface area contributed by atoms with Gasteiger partial charge in [0.2, 0.25) is 0 Å². The monoisotopic (exact) mass is 145 g/mol. The van der Waals surface area contributed by atoms with Gasteiger partial charge < -0.3 is 4.74 Å². The summed E-state index contributed by atoms with van der Waals surface area (Å²) in [6.07, 6.45) is 0. The molecule has 5 heteroatoms. The zero-order chi connectivity index (χ0) is 8.15. The number of carbonyl (C=O) groups is 2. The Morgan fingerprint density at radius 3 is 2.40 bits per heavy atom. The first-order valence-electron chi connectivity index (χ1n) is 2.39. The fourth-order valence-electron chi connectivity index (χ4n) is 0.282. The molecular weight excluding hydrogens is 138 g/mol. The molecule has 0 bridgehead atoms. The molecule has 56 valence electrons. The Balaban J connectivity index is 3.86. The molecule has 0 aliphatic rings. The summed E-state index contributed by atoms with van der Waals surface area (Å²) >= 11 is 0. The van der Waals surface area contributed by atoms with E-state index in [9.17, 15) is 9.59 Å². The van der Waals surface area contributed by atoms with Crippen LogP contribution in [-0.4, -0.2) is 17.1 Å². The minimum absolute atomic E-state index is 0.435. The highest BCUT2D eigenvalue weighted by molar-refractivity contribution is 5.92. The van der Waals surface area contributed by atoms with Gasteiger partial charge in [-0.05, 0) is 6.58 Å². The van der Waals surface area contributed by atoms with E-state index >= 15 is 0 Å². The normalized spacial score (nSPS) is 8.20. The Bertz CT molecular complexity index is 174. The quantitative estimate of drug-likeness (QED) is 0.182. The van der Waals surface area contributed by atoms with Crippen molar-refractivity contribution in [2.45, 2.75) is 6.92 Å². The number of hydroxylamine groups is 1. The van der Waals surface area contributed by atoms with E-state index in [0.717, 1.165) is 6.92 Å². The molecule has 1 amide bonds. The molecule has 0 saturated carbocycles. The van der Waals surface area contributed by atoms with Crippen LogP contribution in [0.4, 0.5) is 0 Å². The molecule has 0 radical (unpaired) electrons. The molecule has 0 aromatic heterocycles. The smallest absolute Gasteiger partial charge is 0.309 e. The Labute approximate surface area is 57.2 Å². The molecule has 0 aromatic rings. The molecule has 0 aliphatic heterocycles. The van der Waals surface area contributed by atoms with Crippen LogP contribution in [0.25, 0.3) is 0 Å². The SMILES string of the molecule is C=C(OC(C)=O)C(=O)NO. The van der Waals surface area contributed by atoms with Gasteiger partial charge in [0, 0.05) is 6.92 Å². The molecule has 0 spiro atoms. The third-order valence-corrected chi connectivity index (χ3v) is 0.622. The van der Waals surface area contributed by atoms with Gasteiger partial charge in [-0.25, -0.2) is 5.48 Å². The molecule has 0 aromatic carbocycles. The topological polar surface area (TPSA) is 75.6 Å². The third kappa shape index (κ3) is 2.83. The predicted octanol–water partition coefficient (Wildman–Crippen LogP) is -0.431. The van der Waals surface area contributed by atoms with Crippen LogP contribution in [0.15, 0.2) is 12.3 Å². The van der Waals surface area contributed by atoms with Gasteiger partial charge in [-0.3, -0.25) is 14.8 Å². The van der Waals surface area contributed by atoms with Gasteiger partial charge in [0.15, 0.2) is 5.76 Å². The van der Waals surface area contributed by atoms with Crippen molar-refractivity contribution in [3.8, 4) is 0 Å². The number of amides is 1. The second-order valence-corrected chi connectivity index (χ2v) is 1.46. The van der Waals surface area contributed by atoms with E-state index in [0.29, 0.717) is 0 Å². The van der Waals surface area contributed by atoms with Crippen molar-refractivity contribution in [3.05, 3.63) is 12.3 Å². The van der Waals surface area contributed by atoms with Gasteiger partial charge in [0.25, 0.3) is 0 Å². The maximum absolute atomic E-state index is 10.3. The zero-order valence-corrected chi connectivity index (χ0v) is 5.38. The molecule has 0 saturated heterocycles. The van der Waals surface area contributed by atoms with Crippen LogP contribution in [0.2, 0.25) is 0 Å². The van der Waals surface area contributed by atoms with Crippen molar-refractivity contribution in [1.82, 2.24) is 5.48 Å². The van der Waals surface area contributed by atoms with Gasteiger partial charge in [0.05, 0.1) is 0 Å². The third-order valence-electron chi connectivity index (χ3n) is 0.622. The van der Waals surface area contributed by atoms with Gasteiger partial charge in [0.1, 0.15) is 0 Å². The van der Waals surface area contributed by atoms with Crippen molar-refractivity contribution in [2.24, 2.45) is 0 Å². The average molecular weight is 145 g/mol. The molecule has 0 atom stereocenters. The van der Waals surface area contributed by atoms with Crippen molar-refractivity contribution in [3.63, 3.8) is 0 Å². The first kappa shape index (κ1) is 8.64. The lowest BCUT2D eigenvalue weighted by Crippen LogP contribution is -2.22. The van der Waals surface area contributed by atoms with Gasteiger partial charge in [-0.2, -0.15) is 0 Å². The summed E-state index contributed by atoms with van der Waals surface area (Å²) < 4.78 is 4.20. The van der Waals surface area contributed by atoms with E-state index in [1.807, 2.05) is 0 Å². The summed E-state index contributed by atoms with van der Waals surface area (Å²) in [5.41, 5.74) is 1.25. The van der Waals surface area contributed by atoms with Crippen molar-refractivity contribution >= 4 is 11.9 Å². The summed E-state index contributed by atoms with van der Waals surface area (Å²) in [7, 11) is 0. The Morgan fingerprint density at radius 1 is 1.60 bits per heavy atom. The predicted molar refractivity (Wildman–Crippen MR) is 30.8 cm³/mol. The summed E-state index contributed by atoms with van der Waals surface area (Å²) in [6, 6.07) is 0.